The summed E-state index contributed by atoms with van der Waals surface area (Å²) in [6.45, 7) is 0. The molecule has 48 valence electrons. The Balaban J connectivity index is 2.98. The van der Waals surface area contributed by atoms with Crippen molar-refractivity contribution in [2.45, 2.75) is 4.21 Å². The fourth-order valence-electron chi connectivity index (χ4n) is 0.380. The first kappa shape index (κ1) is 6.57. The van der Waals surface area contributed by atoms with Gasteiger partial charge in [-0.3, -0.25) is 4.79 Å². The van der Waals surface area contributed by atoms with Crippen LogP contribution in [0.1, 0.15) is 9.80 Å². The van der Waals surface area contributed by atoms with Crippen molar-refractivity contribution in [1.29, 1.82) is 0 Å². The van der Waals surface area contributed by atoms with Crippen molar-refractivity contribution in [3.8, 4) is 0 Å². The van der Waals surface area contributed by atoms with Crippen molar-refractivity contribution in [2.75, 3.05) is 0 Å². The summed E-state index contributed by atoms with van der Waals surface area (Å²) in [6, 6.07) is 0. The number of hydrogen-bond donors (Lipinski definition) is 2. The standard InChI is InChI=1S/C4H4N2OS2/c5-3(7)4-6-1-2(8)9-4/h1,8H,(H2,5,7). The lowest BCUT2D eigenvalue weighted by molar-refractivity contribution is 0.1000. The van der Waals surface area contributed by atoms with Gasteiger partial charge in [0.15, 0.2) is 5.01 Å². The predicted octanol–water partition coefficient (Wildman–Crippen LogP) is 0.531. The summed E-state index contributed by atoms with van der Waals surface area (Å²) < 4.78 is 0.698. The molecule has 0 unspecified atom stereocenters. The van der Waals surface area contributed by atoms with E-state index < -0.39 is 5.91 Å². The van der Waals surface area contributed by atoms with Crippen molar-refractivity contribution in [3.05, 3.63) is 11.2 Å². The van der Waals surface area contributed by atoms with Gasteiger partial charge in [0.2, 0.25) is 0 Å². The molecule has 9 heavy (non-hydrogen) atoms. The summed E-state index contributed by atoms with van der Waals surface area (Å²) in [6.07, 6.45) is 1.49. The van der Waals surface area contributed by atoms with Crippen LogP contribution in [0.3, 0.4) is 0 Å². The SMILES string of the molecule is NC(=O)c1ncc(S)s1. The van der Waals surface area contributed by atoms with Crippen LogP contribution in [0.5, 0.6) is 0 Å². The Morgan fingerprint density at radius 1 is 1.89 bits per heavy atom. The minimum Gasteiger partial charge on any atom is -0.364 e. The minimum absolute atomic E-state index is 0.306. The van der Waals surface area contributed by atoms with Crippen LogP contribution in [0.2, 0.25) is 0 Å². The largest absolute Gasteiger partial charge is 0.364 e. The van der Waals surface area contributed by atoms with Gasteiger partial charge in [0.1, 0.15) is 0 Å². The first-order valence-corrected chi connectivity index (χ1v) is 3.41. The first-order valence-electron chi connectivity index (χ1n) is 2.15. The predicted molar refractivity (Wildman–Crippen MR) is 37.9 cm³/mol. The van der Waals surface area contributed by atoms with Gasteiger partial charge in [0.05, 0.1) is 10.4 Å². The zero-order valence-corrected chi connectivity index (χ0v) is 6.08. The Hall–Kier alpha value is -0.550. The second-order valence-corrected chi connectivity index (χ2v) is 3.18. The summed E-state index contributed by atoms with van der Waals surface area (Å²) in [5.74, 6) is -0.500. The van der Waals surface area contributed by atoms with E-state index in [4.69, 9.17) is 5.73 Å². The smallest absolute Gasteiger partial charge is 0.277 e. The van der Waals surface area contributed by atoms with Gasteiger partial charge in [-0.2, -0.15) is 0 Å². The summed E-state index contributed by atoms with van der Waals surface area (Å²) in [7, 11) is 0. The molecule has 1 aromatic heterocycles. The molecule has 0 saturated heterocycles. The minimum atomic E-state index is -0.500. The molecule has 0 atom stereocenters. The fraction of sp³-hybridized carbons (Fsp3) is 0. The van der Waals surface area contributed by atoms with Crippen molar-refractivity contribution in [3.63, 3.8) is 0 Å². The second-order valence-electron chi connectivity index (χ2n) is 1.37. The van der Waals surface area contributed by atoms with Crippen molar-refractivity contribution in [1.82, 2.24) is 4.98 Å². The monoisotopic (exact) mass is 160 g/mol. The molecule has 0 aliphatic rings. The van der Waals surface area contributed by atoms with Crippen LogP contribution >= 0.6 is 24.0 Å². The lowest BCUT2D eigenvalue weighted by Crippen LogP contribution is -2.09. The summed E-state index contributed by atoms with van der Waals surface area (Å²) in [5.41, 5.74) is 4.90. The molecule has 1 rings (SSSR count). The highest BCUT2D eigenvalue weighted by molar-refractivity contribution is 7.82. The molecule has 0 aromatic carbocycles. The van der Waals surface area contributed by atoms with E-state index >= 15 is 0 Å². The van der Waals surface area contributed by atoms with E-state index in [0.29, 0.717) is 9.22 Å². The van der Waals surface area contributed by atoms with E-state index in [9.17, 15) is 4.79 Å². The molecule has 1 heterocycles. The van der Waals surface area contributed by atoms with Gasteiger partial charge >= 0.3 is 0 Å². The van der Waals surface area contributed by atoms with Gasteiger partial charge in [0.25, 0.3) is 5.91 Å². The van der Waals surface area contributed by atoms with E-state index in [1.165, 1.54) is 17.5 Å². The van der Waals surface area contributed by atoms with E-state index in [-0.39, 0.29) is 0 Å². The molecule has 0 aliphatic heterocycles. The third-order valence-electron chi connectivity index (χ3n) is 0.704. The number of amides is 1. The fourth-order valence-corrected chi connectivity index (χ4v) is 1.21. The average Bonchev–Trinajstić information content (AvgIpc) is 2.14. The average molecular weight is 160 g/mol. The molecule has 0 aliphatic carbocycles. The lowest BCUT2D eigenvalue weighted by Gasteiger charge is -1.79. The Morgan fingerprint density at radius 3 is 2.78 bits per heavy atom. The van der Waals surface area contributed by atoms with Crippen molar-refractivity contribution in [2.24, 2.45) is 5.73 Å². The van der Waals surface area contributed by atoms with Crippen LogP contribution in [0.4, 0.5) is 0 Å². The third-order valence-corrected chi connectivity index (χ3v) is 1.91. The molecule has 3 nitrogen and oxygen atoms in total. The number of primary amides is 1. The number of carbonyl (C=O) groups excluding carboxylic acids is 1. The zero-order valence-electron chi connectivity index (χ0n) is 4.37. The van der Waals surface area contributed by atoms with E-state index in [1.54, 1.807) is 0 Å². The van der Waals surface area contributed by atoms with Crippen LogP contribution in [0, 0.1) is 0 Å². The number of aromatic nitrogens is 1. The molecule has 0 fully saturated rings. The molecular formula is C4H4N2OS2. The van der Waals surface area contributed by atoms with Crippen molar-refractivity contribution < 1.29 is 4.79 Å². The van der Waals surface area contributed by atoms with Gasteiger partial charge in [0, 0.05) is 0 Å². The molecule has 1 amide bonds. The summed E-state index contributed by atoms with van der Waals surface area (Å²) >= 11 is 5.12. The third kappa shape index (κ3) is 1.43. The number of nitrogens with two attached hydrogens (primary N) is 1. The Labute approximate surface area is 61.3 Å². The van der Waals surface area contributed by atoms with Crippen LogP contribution in [-0.4, -0.2) is 10.9 Å². The van der Waals surface area contributed by atoms with Crippen LogP contribution < -0.4 is 5.73 Å². The highest BCUT2D eigenvalue weighted by atomic mass is 32.2. The zero-order chi connectivity index (χ0) is 6.85. The Morgan fingerprint density at radius 2 is 2.56 bits per heavy atom. The number of hydrogen-bond acceptors (Lipinski definition) is 4. The molecule has 0 saturated carbocycles. The van der Waals surface area contributed by atoms with E-state index in [0.717, 1.165) is 0 Å². The number of thiol groups is 1. The number of thiazole rings is 1. The maximum absolute atomic E-state index is 10.4. The van der Waals surface area contributed by atoms with Crippen LogP contribution in [-0.2, 0) is 0 Å². The highest BCUT2D eigenvalue weighted by Gasteiger charge is 2.03. The van der Waals surface area contributed by atoms with E-state index in [2.05, 4.69) is 17.6 Å². The quantitative estimate of drug-likeness (QED) is 0.589. The lowest BCUT2D eigenvalue weighted by atomic mass is 10.7. The summed E-state index contributed by atoms with van der Waals surface area (Å²) in [5, 5.41) is 0.306. The van der Waals surface area contributed by atoms with Gasteiger partial charge in [-0.25, -0.2) is 4.98 Å². The number of carbonyl (C=O) groups is 1. The highest BCUT2D eigenvalue weighted by Crippen LogP contribution is 2.14. The number of rotatable bonds is 1. The van der Waals surface area contributed by atoms with Gasteiger partial charge in [-0.15, -0.1) is 24.0 Å². The molecule has 2 N–H and O–H groups in total. The number of nitrogens with zero attached hydrogens (tertiary/aromatic N) is 1. The van der Waals surface area contributed by atoms with E-state index in [1.807, 2.05) is 0 Å². The maximum Gasteiger partial charge on any atom is 0.277 e. The van der Waals surface area contributed by atoms with Crippen LogP contribution in [0.15, 0.2) is 10.4 Å². The maximum atomic E-state index is 10.4. The molecule has 5 heteroatoms. The normalized spacial score (nSPS) is 9.44. The Kier molecular flexibility index (Phi) is 1.73. The van der Waals surface area contributed by atoms with Crippen molar-refractivity contribution >= 4 is 29.9 Å². The second kappa shape index (κ2) is 2.36. The van der Waals surface area contributed by atoms with Gasteiger partial charge in [-0.05, 0) is 0 Å². The van der Waals surface area contributed by atoms with Gasteiger partial charge in [-0.1, -0.05) is 0 Å². The topological polar surface area (TPSA) is 56.0 Å². The molecule has 0 radical (unpaired) electrons. The summed E-state index contributed by atoms with van der Waals surface area (Å²) in [4.78, 5) is 14.0. The molecule has 0 bridgehead atoms. The van der Waals surface area contributed by atoms with Crippen LogP contribution in [0.25, 0.3) is 0 Å². The molecule has 1 aromatic rings. The first-order chi connectivity index (χ1) is 4.20. The van der Waals surface area contributed by atoms with Gasteiger partial charge < -0.3 is 5.73 Å². The molecular weight excluding hydrogens is 156 g/mol. The molecule has 0 spiro atoms. The Bertz CT molecular complexity index is 232.